The van der Waals surface area contributed by atoms with Crippen LogP contribution in [0.1, 0.15) is 34.5 Å². The summed E-state index contributed by atoms with van der Waals surface area (Å²) in [4.78, 5) is 14.1. The third kappa shape index (κ3) is 4.86. The first-order valence-corrected chi connectivity index (χ1v) is 12.8. The molecule has 4 rings (SSSR count). The molecule has 1 aliphatic rings. The highest BCUT2D eigenvalue weighted by molar-refractivity contribution is 9.10. The molecule has 166 valence electrons. The number of piperazine rings is 1. The summed E-state index contributed by atoms with van der Waals surface area (Å²) in [6.45, 7) is 3.55. The van der Waals surface area contributed by atoms with Crippen molar-refractivity contribution in [3.8, 4) is 0 Å². The Morgan fingerprint density at radius 3 is 1.94 bits per heavy atom. The molecule has 0 N–H and O–H groups in total. The Kier molecular flexibility index (Phi) is 6.90. The number of sulfonamides is 1. The van der Waals surface area contributed by atoms with Crippen molar-refractivity contribution in [2.24, 2.45) is 0 Å². The first-order valence-electron chi connectivity index (χ1n) is 10.5. The number of Topliss-reactive ketones (excluding diaryl/α,β-unsaturated/α-hetero) is 1. The summed E-state index contributed by atoms with van der Waals surface area (Å²) in [5.74, 6) is -0.0811. The molecule has 0 amide bonds. The van der Waals surface area contributed by atoms with Gasteiger partial charge in [-0.2, -0.15) is 4.31 Å². The molecule has 0 aliphatic carbocycles. The van der Waals surface area contributed by atoms with Gasteiger partial charge in [-0.15, -0.1) is 0 Å². The van der Waals surface area contributed by atoms with E-state index in [4.69, 9.17) is 0 Å². The molecule has 5 nitrogen and oxygen atoms in total. The topological polar surface area (TPSA) is 57.7 Å². The number of carbonyl (C=O) groups is 1. The van der Waals surface area contributed by atoms with E-state index in [-0.39, 0.29) is 16.7 Å². The van der Waals surface area contributed by atoms with Crippen molar-refractivity contribution < 1.29 is 13.2 Å². The Hall–Kier alpha value is -2.32. The summed E-state index contributed by atoms with van der Waals surface area (Å²) in [5, 5.41) is 0. The van der Waals surface area contributed by atoms with E-state index in [1.807, 2.05) is 30.3 Å². The van der Waals surface area contributed by atoms with Crippen molar-refractivity contribution in [3.05, 3.63) is 100 Å². The summed E-state index contributed by atoms with van der Waals surface area (Å²) < 4.78 is 28.8. The average Bonchev–Trinajstić information content (AvgIpc) is 2.81. The lowest BCUT2D eigenvalue weighted by molar-refractivity contribution is 0.101. The fraction of sp³-hybridized carbons (Fsp3) is 0.240. The number of hydrogen-bond acceptors (Lipinski definition) is 4. The van der Waals surface area contributed by atoms with E-state index in [0.717, 1.165) is 4.47 Å². The van der Waals surface area contributed by atoms with E-state index in [0.29, 0.717) is 31.7 Å². The fourth-order valence-corrected chi connectivity index (χ4v) is 5.79. The minimum atomic E-state index is -3.60. The highest BCUT2D eigenvalue weighted by atomic mass is 79.9. The standard InChI is InChI=1S/C25H25BrN2O3S/c1-19(29)20-9-13-24(14-10-20)32(30,31)28-17-15-27(16-18-28)25(21-5-3-2-4-6-21)22-7-11-23(26)12-8-22/h2-14,25H,15-18H2,1H3/t25-/m1/s1. The lowest BCUT2D eigenvalue weighted by Gasteiger charge is -2.39. The number of benzene rings is 3. The monoisotopic (exact) mass is 512 g/mol. The number of carbonyl (C=O) groups excluding carboxylic acids is 1. The molecule has 0 spiro atoms. The van der Waals surface area contributed by atoms with Crippen LogP contribution >= 0.6 is 15.9 Å². The second-order valence-electron chi connectivity index (χ2n) is 7.89. The molecular formula is C25H25BrN2O3S. The molecule has 3 aromatic carbocycles. The van der Waals surface area contributed by atoms with Crippen LogP contribution in [0.15, 0.2) is 88.2 Å². The zero-order chi connectivity index (χ0) is 22.7. The molecule has 1 saturated heterocycles. The molecule has 32 heavy (non-hydrogen) atoms. The lowest BCUT2D eigenvalue weighted by atomic mass is 9.96. The van der Waals surface area contributed by atoms with Gasteiger partial charge in [-0.25, -0.2) is 8.42 Å². The maximum atomic E-state index is 13.1. The fourth-order valence-electron chi connectivity index (χ4n) is 4.11. The van der Waals surface area contributed by atoms with E-state index < -0.39 is 10.0 Å². The molecule has 0 aromatic heterocycles. The van der Waals surface area contributed by atoms with Crippen molar-refractivity contribution >= 4 is 31.7 Å². The van der Waals surface area contributed by atoms with Gasteiger partial charge in [0.25, 0.3) is 0 Å². The van der Waals surface area contributed by atoms with Crippen molar-refractivity contribution in [2.75, 3.05) is 26.2 Å². The van der Waals surface area contributed by atoms with Crippen LogP contribution in [0.2, 0.25) is 0 Å². The summed E-state index contributed by atoms with van der Waals surface area (Å²) in [6.07, 6.45) is 0. The first kappa shape index (κ1) is 22.9. The van der Waals surface area contributed by atoms with Crippen LogP contribution in [-0.2, 0) is 10.0 Å². The maximum Gasteiger partial charge on any atom is 0.243 e. The van der Waals surface area contributed by atoms with Gasteiger partial charge in [-0.3, -0.25) is 9.69 Å². The van der Waals surface area contributed by atoms with E-state index in [1.165, 1.54) is 34.5 Å². The van der Waals surface area contributed by atoms with Gasteiger partial charge in [-0.1, -0.05) is 70.5 Å². The van der Waals surface area contributed by atoms with Crippen LogP contribution in [0, 0.1) is 0 Å². The Balaban J connectivity index is 1.54. The highest BCUT2D eigenvalue weighted by Gasteiger charge is 2.32. The van der Waals surface area contributed by atoms with Crippen molar-refractivity contribution in [1.29, 1.82) is 0 Å². The third-order valence-corrected chi connectivity index (χ3v) is 8.28. The predicted octanol–water partition coefficient (Wildman–Crippen LogP) is 4.75. The molecule has 1 atom stereocenters. The van der Waals surface area contributed by atoms with E-state index in [1.54, 1.807) is 12.1 Å². The first-order chi connectivity index (χ1) is 15.4. The number of hydrogen-bond donors (Lipinski definition) is 0. The van der Waals surface area contributed by atoms with Crippen LogP contribution < -0.4 is 0 Å². The summed E-state index contributed by atoms with van der Waals surface area (Å²) in [7, 11) is -3.60. The van der Waals surface area contributed by atoms with Gasteiger partial charge >= 0.3 is 0 Å². The van der Waals surface area contributed by atoms with Crippen LogP contribution in [0.3, 0.4) is 0 Å². The minimum Gasteiger partial charge on any atom is -0.295 e. The molecule has 0 saturated carbocycles. The Morgan fingerprint density at radius 2 is 1.38 bits per heavy atom. The molecule has 7 heteroatoms. The Morgan fingerprint density at radius 1 is 0.812 bits per heavy atom. The largest absolute Gasteiger partial charge is 0.295 e. The maximum absolute atomic E-state index is 13.1. The quantitative estimate of drug-likeness (QED) is 0.447. The third-order valence-electron chi connectivity index (χ3n) is 5.84. The number of nitrogens with zero attached hydrogens (tertiary/aromatic N) is 2. The van der Waals surface area contributed by atoms with Crippen LogP contribution in [0.25, 0.3) is 0 Å². The minimum absolute atomic E-state index is 0.0593. The van der Waals surface area contributed by atoms with E-state index >= 15 is 0 Å². The predicted molar refractivity (Wildman–Crippen MR) is 129 cm³/mol. The molecule has 1 heterocycles. The Labute approximate surface area is 197 Å². The summed E-state index contributed by atoms with van der Waals surface area (Å²) in [6, 6.07) is 24.9. The summed E-state index contributed by atoms with van der Waals surface area (Å²) in [5.41, 5.74) is 2.87. The van der Waals surface area contributed by atoms with Gasteiger partial charge in [0.05, 0.1) is 10.9 Å². The number of rotatable bonds is 6. The van der Waals surface area contributed by atoms with Crippen molar-refractivity contribution in [3.63, 3.8) is 0 Å². The number of halogens is 1. The van der Waals surface area contributed by atoms with Gasteiger partial charge in [0.15, 0.2) is 5.78 Å². The zero-order valence-electron chi connectivity index (χ0n) is 17.8. The lowest BCUT2D eigenvalue weighted by Crippen LogP contribution is -2.49. The SMILES string of the molecule is CC(=O)c1ccc(S(=O)(=O)N2CCN([C@H](c3ccccc3)c3ccc(Br)cc3)CC2)cc1. The Bertz CT molecular complexity index is 1170. The van der Waals surface area contributed by atoms with Gasteiger partial charge in [-0.05, 0) is 42.3 Å². The molecule has 1 aliphatic heterocycles. The molecule has 0 bridgehead atoms. The zero-order valence-corrected chi connectivity index (χ0v) is 20.2. The molecule has 0 radical (unpaired) electrons. The molecule has 3 aromatic rings. The highest BCUT2D eigenvalue weighted by Crippen LogP contribution is 2.31. The van der Waals surface area contributed by atoms with Gasteiger partial charge in [0.2, 0.25) is 10.0 Å². The van der Waals surface area contributed by atoms with Gasteiger partial charge in [0, 0.05) is 36.2 Å². The van der Waals surface area contributed by atoms with Crippen LogP contribution in [-0.4, -0.2) is 49.6 Å². The number of ketones is 1. The summed E-state index contributed by atoms with van der Waals surface area (Å²) >= 11 is 3.51. The van der Waals surface area contributed by atoms with Crippen molar-refractivity contribution in [1.82, 2.24) is 9.21 Å². The smallest absolute Gasteiger partial charge is 0.243 e. The average molecular weight is 513 g/mol. The van der Waals surface area contributed by atoms with Gasteiger partial charge in [0.1, 0.15) is 0 Å². The molecular weight excluding hydrogens is 488 g/mol. The van der Waals surface area contributed by atoms with Crippen LogP contribution in [0.5, 0.6) is 0 Å². The molecule has 0 unspecified atom stereocenters. The second kappa shape index (κ2) is 9.67. The van der Waals surface area contributed by atoms with Crippen LogP contribution in [0.4, 0.5) is 0 Å². The van der Waals surface area contributed by atoms with E-state index in [2.05, 4.69) is 45.1 Å². The second-order valence-corrected chi connectivity index (χ2v) is 10.7. The normalized spacial score (nSPS) is 16.6. The van der Waals surface area contributed by atoms with Gasteiger partial charge < -0.3 is 0 Å². The van der Waals surface area contributed by atoms with Crippen molar-refractivity contribution in [2.45, 2.75) is 17.9 Å². The van der Waals surface area contributed by atoms with E-state index in [9.17, 15) is 13.2 Å². The molecule has 1 fully saturated rings.